The van der Waals surface area contributed by atoms with E-state index in [1.54, 1.807) is 23.1 Å². The third kappa shape index (κ3) is 5.52. The molecular weight excluding hydrogens is 375 g/mol. The summed E-state index contributed by atoms with van der Waals surface area (Å²) in [4.78, 5) is 25.2. The molecule has 2 unspecified atom stereocenters. The number of rotatable bonds is 5. The van der Waals surface area contributed by atoms with Crippen LogP contribution < -0.4 is 5.32 Å². The van der Waals surface area contributed by atoms with Crippen molar-refractivity contribution < 1.29 is 14.7 Å². The number of aliphatic carboxylic acids is 1. The third-order valence-electron chi connectivity index (χ3n) is 4.07. The Labute approximate surface area is 157 Å². The van der Waals surface area contributed by atoms with E-state index in [2.05, 4.69) is 5.32 Å². The molecule has 0 saturated carbocycles. The van der Waals surface area contributed by atoms with Gasteiger partial charge in [-0.1, -0.05) is 35.7 Å². The lowest BCUT2D eigenvalue weighted by Gasteiger charge is -2.32. The Bertz CT molecular complexity index is 598. The summed E-state index contributed by atoms with van der Waals surface area (Å²) in [7, 11) is 0. The van der Waals surface area contributed by atoms with Crippen LogP contribution in [0.5, 0.6) is 0 Å². The van der Waals surface area contributed by atoms with Gasteiger partial charge in [-0.05, 0) is 44.0 Å². The maximum absolute atomic E-state index is 12.2. The van der Waals surface area contributed by atoms with Crippen LogP contribution >= 0.6 is 35.6 Å². The molecule has 24 heavy (non-hydrogen) atoms. The molecule has 134 valence electrons. The van der Waals surface area contributed by atoms with Gasteiger partial charge >= 0.3 is 5.97 Å². The molecule has 1 amide bonds. The van der Waals surface area contributed by atoms with E-state index >= 15 is 0 Å². The van der Waals surface area contributed by atoms with Crippen LogP contribution in [0.25, 0.3) is 0 Å². The number of carbonyl (C=O) groups is 2. The number of nitrogens with zero attached hydrogens (tertiary/aromatic N) is 1. The summed E-state index contributed by atoms with van der Waals surface area (Å²) < 4.78 is 0. The number of carboxylic acids is 1. The molecule has 1 heterocycles. The Morgan fingerprint density at radius 3 is 2.67 bits per heavy atom. The van der Waals surface area contributed by atoms with E-state index in [-0.39, 0.29) is 30.9 Å². The molecule has 1 aliphatic heterocycles. The van der Waals surface area contributed by atoms with Crippen LogP contribution in [-0.2, 0) is 9.59 Å². The van der Waals surface area contributed by atoms with Crippen molar-refractivity contribution in [2.75, 3.05) is 13.1 Å². The Hall–Kier alpha value is -1.01. The number of hydrogen-bond acceptors (Lipinski definition) is 3. The minimum absolute atomic E-state index is 0. The van der Waals surface area contributed by atoms with Gasteiger partial charge < -0.3 is 10.4 Å². The van der Waals surface area contributed by atoms with Crippen molar-refractivity contribution in [3.63, 3.8) is 0 Å². The first-order valence-corrected chi connectivity index (χ1v) is 8.35. The number of carbonyl (C=O) groups excluding carboxylic acids is 1. The highest BCUT2D eigenvalue weighted by molar-refractivity contribution is 6.42. The minimum atomic E-state index is -0.866. The summed E-state index contributed by atoms with van der Waals surface area (Å²) in [6.07, 6.45) is 2.39. The van der Waals surface area contributed by atoms with E-state index in [0.29, 0.717) is 23.0 Å². The molecule has 2 rings (SSSR count). The van der Waals surface area contributed by atoms with Gasteiger partial charge in [0.1, 0.15) is 6.04 Å². The molecule has 0 bridgehead atoms. The maximum atomic E-state index is 12.2. The Morgan fingerprint density at radius 1 is 1.33 bits per heavy atom. The fraction of sp³-hybridized carbons (Fsp3) is 0.500. The second-order valence-corrected chi connectivity index (χ2v) is 6.60. The normalized spacial score (nSPS) is 19.2. The summed E-state index contributed by atoms with van der Waals surface area (Å²) in [6.45, 7) is 2.57. The molecule has 8 heteroatoms. The quantitative estimate of drug-likeness (QED) is 0.800. The lowest BCUT2D eigenvalue weighted by Crippen LogP contribution is -2.49. The van der Waals surface area contributed by atoms with Crippen LogP contribution in [0.1, 0.15) is 37.8 Å². The molecule has 0 spiro atoms. The van der Waals surface area contributed by atoms with Gasteiger partial charge in [-0.2, -0.15) is 0 Å². The second-order valence-electron chi connectivity index (χ2n) is 5.78. The number of carboxylic acid groups (broad SMARTS) is 1. The minimum Gasteiger partial charge on any atom is -0.480 e. The topological polar surface area (TPSA) is 69.6 Å². The lowest BCUT2D eigenvalue weighted by atomic mass is 10.0. The van der Waals surface area contributed by atoms with Crippen molar-refractivity contribution in [2.24, 2.45) is 0 Å². The predicted octanol–water partition coefficient (Wildman–Crippen LogP) is 3.53. The molecule has 1 aliphatic rings. The zero-order chi connectivity index (χ0) is 17.0. The molecule has 1 aromatic carbocycles. The van der Waals surface area contributed by atoms with Crippen molar-refractivity contribution in [1.29, 1.82) is 0 Å². The molecule has 0 radical (unpaired) electrons. The van der Waals surface area contributed by atoms with Crippen LogP contribution in [-0.4, -0.2) is 41.0 Å². The van der Waals surface area contributed by atoms with Crippen LogP contribution in [0.3, 0.4) is 0 Å². The molecule has 2 N–H and O–H groups in total. The third-order valence-corrected chi connectivity index (χ3v) is 4.81. The molecule has 1 aromatic rings. The highest BCUT2D eigenvalue weighted by atomic mass is 35.5. The SMILES string of the molecule is CC(NC(=O)CN1CCCCC1C(=O)O)c1ccc(Cl)c(Cl)c1.Cl. The number of piperidine rings is 1. The van der Waals surface area contributed by atoms with Gasteiger partial charge in [0, 0.05) is 0 Å². The molecule has 0 aliphatic carbocycles. The first-order valence-electron chi connectivity index (χ1n) is 7.59. The Morgan fingerprint density at radius 2 is 2.04 bits per heavy atom. The van der Waals surface area contributed by atoms with Crippen LogP contribution in [0.2, 0.25) is 10.0 Å². The maximum Gasteiger partial charge on any atom is 0.320 e. The van der Waals surface area contributed by atoms with E-state index in [9.17, 15) is 14.7 Å². The highest BCUT2D eigenvalue weighted by Gasteiger charge is 2.29. The van der Waals surface area contributed by atoms with Crippen molar-refractivity contribution in [2.45, 2.75) is 38.3 Å². The van der Waals surface area contributed by atoms with Crippen molar-refractivity contribution in [3.05, 3.63) is 33.8 Å². The Balaban J connectivity index is 0.00000288. The smallest absolute Gasteiger partial charge is 0.320 e. The first-order chi connectivity index (χ1) is 10.9. The van der Waals surface area contributed by atoms with Gasteiger partial charge in [-0.25, -0.2) is 0 Å². The van der Waals surface area contributed by atoms with Gasteiger partial charge in [0.05, 0.1) is 22.6 Å². The van der Waals surface area contributed by atoms with E-state index in [4.69, 9.17) is 23.2 Å². The summed E-state index contributed by atoms with van der Waals surface area (Å²) in [5.74, 6) is -1.06. The second kappa shape index (κ2) is 9.47. The molecule has 2 atom stereocenters. The van der Waals surface area contributed by atoms with Gasteiger partial charge in [-0.3, -0.25) is 14.5 Å². The zero-order valence-corrected chi connectivity index (χ0v) is 15.6. The van der Waals surface area contributed by atoms with E-state index in [1.807, 2.05) is 6.92 Å². The van der Waals surface area contributed by atoms with Crippen molar-refractivity contribution >= 4 is 47.5 Å². The number of benzene rings is 1. The average Bonchev–Trinajstić information content (AvgIpc) is 2.50. The molecule has 0 aromatic heterocycles. The largest absolute Gasteiger partial charge is 0.480 e. The Kier molecular flexibility index (Phi) is 8.30. The molecular formula is C16H21Cl3N2O3. The van der Waals surface area contributed by atoms with E-state index in [1.165, 1.54) is 0 Å². The first kappa shape index (κ1) is 21.0. The zero-order valence-electron chi connectivity index (χ0n) is 13.3. The summed E-state index contributed by atoms with van der Waals surface area (Å²) >= 11 is 11.9. The summed E-state index contributed by atoms with van der Waals surface area (Å²) in [6, 6.07) is 4.41. The van der Waals surface area contributed by atoms with Gasteiger partial charge in [-0.15, -0.1) is 12.4 Å². The lowest BCUT2D eigenvalue weighted by molar-refractivity contribution is -0.145. The van der Waals surface area contributed by atoms with Crippen LogP contribution in [0.15, 0.2) is 18.2 Å². The highest BCUT2D eigenvalue weighted by Crippen LogP contribution is 2.25. The van der Waals surface area contributed by atoms with Crippen LogP contribution in [0, 0.1) is 0 Å². The van der Waals surface area contributed by atoms with Crippen molar-refractivity contribution in [3.8, 4) is 0 Å². The molecule has 1 fully saturated rings. The van der Waals surface area contributed by atoms with Gasteiger partial charge in [0.15, 0.2) is 0 Å². The van der Waals surface area contributed by atoms with Gasteiger partial charge in [0.2, 0.25) is 5.91 Å². The number of hydrogen-bond donors (Lipinski definition) is 2. The monoisotopic (exact) mass is 394 g/mol. The summed E-state index contributed by atoms with van der Waals surface area (Å²) in [5, 5.41) is 13.0. The molecule has 5 nitrogen and oxygen atoms in total. The standard InChI is InChI=1S/C16H20Cl2N2O3.ClH/c1-10(11-5-6-12(17)13(18)8-11)19-15(21)9-20-7-3-2-4-14(20)16(22)23;/h5-6,8,10,14H,2-4,7,9H2,1H3,(H,19,21)(H,22,23);1H. The van der Waals surface area contributed by atoms with Crippen molar-refractivity contribution in [1.82, 2.24) is 10.2 Å². The van der Waals surface area contributed by atoms with Gasteiger partial charge in [0.25, 0.3) is 0 Å². The number of halogens is 3. The van der Waals surface area contributed by atoms with Crippen LogP contribution in [0.4, 0.5) is 0 Å². The average molecular weight is 396 g/mol. The number of nitrogens with one attached hydrogen (secondary N) is 1. The fourth-order valence-corrected chi connectivity index (χ4v) is 3.10. The number of likely N-dealkylation sites (tertiary alicyclic amines) is 1. The predicted molar refractivity (Wildman–Crippen MR) is 97.1 cm³/mol. The number of amides is 1. The fourth-order valence-electron chi connectivity index (χ4n) is 2.80. The van der Waals surface area contributed by atoms with E-state index < -0.39 is 12.0 Å². The van der Waals surface area contributed by atoms with E-state index in [0.717, 1.165) is 18.4 Å². The molecule has 1 saturated heterocycles. The summed E-state index contributed by atoms with van der Waals surface area (Å²) in [5.41, 5.74) is 0.848.